The van der Waals surface area contributed by atoms with E-state index >= 15 is 0 Å². The lowest BCUT2D eigenvalue weighted by Crippen LogP contribution is -2.23. The first kappa shape index (κ1) is 14.5. The molecule has 1 unspecified atom stereocenters. The van der Waals surface area contributed by atoms with Crippen LogP contribution in [-0.4, -0.2) is 34.6 Å². The van der Waals surface area contributed by atoms with Gasteiger partial charge in [0.25, 0.3) is 0 Å². The summed E-state index contributed by atoms with van der Waals surface area (Å²) in [6.45, 7) is 9.03. The number of ether oxygens (including phenoxy) is 1. The number of hydrogen-bond donors (Lipinski definition) is 2. The van der Waals surface area contributed by atoms with Crippen molar-refractivity contribution < 1.29 is 4.74 Å². The maximum atomic E-state index is 5.44. The molecule has 18 heavy (non-hydrogen) atoms. The second-order valence-corrected chi connectivity index (χ2v) is 4.54. The van der Waals surface area contributed by atoms with Crippen LogP contribution in [0.4, 0.5) is 11.9 Å². The van der Waals surface area contributed by atoms with Crippen LogP contribution < -0.4 is 15.4 Å². The summed E-state index contributed by atoms with van der Waals surface area (Å²) in [6, 6.07) is 0.644. The van der Waals surface area contributed by atoms with Crippen molar-refractivity contribution in [1.29, 1.82) is 0 Å². The molecular formula is C12H23N5O. The first-order valence-corrected chi connectivity index (χ1v) is 6.40. The van der Waals surface area contributed by atoms with Gasteiger partial charge in [-0.3, -0.25) is 0 Å². The molecule has 0 fully saturated rings. The molecule has 0 aliphatic rings. The molecule has 1 aromatic heterocycles. The zero-order valence-electron chi connectivity index (χ0n) is 11.8. The third-order valence-electron chi connectivity index (χ3n) is 2.63. The number of rotatable bonds is 7. The van der Waals surface area contributed by atoms with Crippen LogP contribution in [0.25, 0.3) is 0 Å². The summed E-state index contributed by atoms with van der Waals surface area (Å²) >= 11 is 0. The normalized spacial score (nSPS) is 12.3. The van der Waals surface area contributed by atoms with Gasteiger partial charge in [0, 0.05) is 13.1 Å². The van der Waals surface area contributed by atoms with Gasteiger partial charge in [0.05, 0.1) is 6.61 Å². The summed E-state index contributed by atoms with van der Waals surface area (Å²) in [4.78, 5) is 12.6. The molecule has 6 heteroatoms. The molecule has 1 rings (SSSR count). The van der Waals surface area contributed by atoms with E-state index in [4.69, 9.17) is 4.74 Å². The van der Waals surface area contributed by atoms with E-state index in [-0.39, 0.29) is 6.04 Å². The molecule has 0 amide bonds. The lowest BCUT2D eigenvalue weighted by atomic mass is 10.1. The third-order valence-corrected chi connectivity index (χ3v) is 2.63. The minimum Gasteiger partial charge on any atom is -0.463 e. The van der Waals surface area contributed by atoms with E-state index in [1.54, 1.807) is 7.05 Å². The van der Waals surface area contributed by atoms with Crippen LogP contribution in [0.2, 0.25) is 0 Å². The van der Waals surface area contributed by atoms with E-state index in [0.717, 1.165) is 6.42 Å². The van der Waals surface area contributed by atoms with Crippen molar-refractivity contribution in [3.05, 3.63) is 0 Å². The van der Waals surface area contributed by atoms with Crippen molar-refractivity contribution in [3.8, 4) is 6.01 Å². The highest BCUT2D eigenvalue weighted by molar-refractivity contribution is 5.36. The van der Waals surface area contributed by atoms with E-state index < -0.39 is 0 Å². The Hall–Kier alpha value is -1.59. The molecule has 0 saturated carbocycles. The second-order valence-electron chi connectivity index (χ2n) is 4.54. The Labute approximate surface area is 109 Å². The van der Waals surface area contributed by atoms with Gasteiger partial charge in [0.2, 0.25) is 11.9 Å². The van der Waals surface area contributed by atoms with Crippen molar-refractivity contribution >= 4 is 11.9 Å². The Morgan fingerprint density at radius 1 is 1.11 bits per heavy atom. The summed E-state index contributed by atoms with van der Waals surface area (Å²) in [7, 11) is 1.77. The maximum Gasteiger partial charge on any atom is 0.323 e. The highest BCUT2D eigenvalue weighted by Gasteiger charge is 2.11. The first-order chi connectivity index (χ1) is 8.56. The van der Waals surface area contributed by atoms with Gasteiger partial charge in [-0.05, 0) is 19.3 Å². The fraction of sp³-hybridized carbons (Fsp3) is 0.750. The molecule has 6 nitrogen and oxygen atoms in total. The fourth-order valence-corrected chi connectivity index (χ4v) is 1.16. The molecular weight excluding hydrogens is 230 g/mol. The van der Waals surface area contributed by atoms with Crippen LogP contribution in [0.5, 0.6) is 6.01 Å². The number of nitrogens with zero attached hydrogens (tertiary/aromatic N) is 3. The number of hydrogen-bond acceptors (Lipinski definition) is 6. The minimum absolute atomic E-state index is 0.288. The van der Waals surface area contributed by atoms with E-state index in [0.29, 0.717) is 30.4 Å². The summed E-state index contributed by atoms with van der Waals surface area (Å²) in [6.07, 6.45) is 0.922. The fourth-order valence-electron chi connectivity index (χ4n) is 1.16. The van der Waals surface area contributed by atoms with Crippen molar-refractivity contribution in [2.24, 2.45) is 5.92 Å². The van der Waals surface area contributed by atoms with E-state index in [9.17, 15) is 0 Å². The molecule has 0 aliphatic carbocycles. The summed E-state index contributed by atoms with van der Waals surface area (Å²) < 4.78 is 5.44. The topological polar surface area (TPSA) is 72.0 Å². The average Bonchev–Trinajstić information content (AvgIpc) is 2.35. The molecule has 0 aromatic carbocycles. The van der Waals surface area contributed by atoms with Crippen molar-refractivity contribution in [2.45, 2.75) is 40.2 Å². The van der Waals surface area contributed by atoms with Crippen molar-refractivity contribution in [1.82, 2.24) is 15.0 Å². The number of anilines is 2. The predicted molar refractivity (Wildman–Crippen MR) is 73.1 cm³/mol. The third kappa shape index (κ3) is 4.35. The quantitative estimate of drug-likeness (QED) is 0.776. The molecule has 0 spiro atoms. The Morgan fingerprint density at radius 2 is 1.78 bits per heavy atom. The zero-order chi connectivity index (χ0) is 13.5. The van der Waals surface area contributed by atoms with E-state index in [2.05, 4.69) is 46.4 Å². The summed E-state index contributed by atoms with van der Waals surface area (Å²) in [5.41, 5.74) is 0. The van der Waals surface area contributed by atoms with Crippen LogP contribution in [-0.2, 0) is 0 Å². The highest BCUT2D eigenvalue weighted by Crippen LogP contribution is 2.13. The maximum absolute atomic E-state index is 5.44. The SMILES string of the molecule is CCCOc1nc(NC)nc(NC(C)C(C)C)n1. The molecule has 0 bridgehead atoms. The van der Waals surface area contributed by atoms with Gasteiger partial charge in [-0.15, -0.1) is 0 Å². The van der Waals surface area contributed by atoms with Crippen LogP contribution in [0, 0.1) is 5.92 Å². The van der Waals surface area contributed by atoms with Crippen LogP contribution in [0.15, 0.2) is 0 Å². The van der Waals surface area contributed by atoms with Crippen LogP contribution >= 0.6 is 0 Å². The molecule has 1 heterocycles. The molecule has 0 radical (unpaired) electrons. The Morgan fingerprint density at radius 3 is 2.33 bits per heavy atom. The Bertz CT molecular complexity index is 369. The summed E-state index contributed by atoms with van der Waals surface area (Å²) in [5, 5.41) is 6.16. The molecule has 2 N–H and O–H groups in total. The van der Waals surface area contributed by atoms with Crippen molar-refractivity contribution in [2.75, 3.05) is 24.3 Å². The first-order valence-electron chi connectivity index (χ1n) is 6.40. The average molecular weight is 253 g/mol. The second kappa shape index (κ2) is 6.98. The molecule has 1 aromatic rings. The predicted octanol–water partition coefficient (Wildman–Crippen LogP) is 2.16. The highest BCUT2D eigenvalue weighted by atomic mass is 16.5. The Balaban J connectivity index is 2.82. The van der Waals surface area contributed by atoms with Gasteiger partial charge >= 0.3 is 6.01 Å². The van der Waals surface area contributed by atoms with Gasteiger partial charge in [0.15, 0.2) is 0 Å². The lowest BCUT2D eigenvalue weighted by molar-refractivity contribution is 0.292. The van der Waals surface area contributed by atoms with Gasteiger partial charge in [-0.25, -0.2) is 0 Å². The van der Waals surface area contributed by atoms with E-state index in [1.165, 1.54) is 0 Å². The zero-order valence-corrected chi connectivity index (χ0v) is 11.8. The van der Waals surface area contributed by atoms with Crippen molar-refractivity contribution in [3.63, 3.8) is 0 Å². The summed E-state index contributed by atoms with van der Waals surface area (Å²) in [5.74, 6) is 1.55. The number of aromatic nitrogens is 3. The van der Waals surface area contributed by atoms with Gasteiger partial charge in [-0.2, -0.15) is 15.0 Å². The Kier molecular flexibility index (Phi) is 5.61. The smallest absolute Gasteiger partial charge is 0.323 e. The molecule has 1 atom stereocenters. The van der Waals surface area contributed by atoms with Gasteiger partial charge in [-0.1, -0.05) is 20.8 Å². The lowest BCUT2D eigenvalue weighted by Gasteiger charge is -2.17. The molecule has 0 saturated heterocycles. The minimum atomic E-state index is 0.288. The van der Waals surface area contributed by atoms with Crippen LogP contribution in [0.1, 0.15) is 34.1 Å². The molecule has 102 valence electrons. The number of nitrogens with one attached hydrogen (secondary N) is 2. The monoisotopic (exact) mass is 253 g/mol. The largest absolute Gasteiger partial charge is 0.463 e. The van der Waals surface area contributed by atoms with Crippen LogP contribution in [0.3, 0.4) is 0 Å². The van der Waals surface area contributed by atoms with Gasteiger partial charge < -0.3 is 15.4 Å². The van der Waals surface area contributed by atoms with Gasteiger partial charge in [0.1, 0.15) is 0 Å². The van der Waals surface area contributed by atoms with E-state index in [1.807, 2.05) is 6.92 Å². The molecule has 0 aliphatic heterocycles. The standard InChI is InChI=1S/C12H23N5O/c1-6-7-18-12-16-10(13-5)15-11(17-12)14-9(4)8(2)3/h8-9H,6-7H2,1-5H3,(H2,13,14,15,16,17).